The maximum Gasteiger partial charge on any atom is 0.128 e. The molecule has 1 N–H and O–H groups in total. The van der Waals surface area contributed by atoms with Crippen LogP contribution in [-0.4, -0.2) is 12.8 Å². The first-order valence-corrected chi connectivity index (χ1v) is 8.28. The Morgan fingerprint density at radius 2 is 1.95 bits per heavy atom. The predicted molar refractivity (Wildman–Crippen MR) is 96.2 cm³/mol. The second kappa shape index (κ2) is 8.42. The molecule has 116 valence electrons. The first kappa shape index (κ1) is 17.1. The van der Waals surface area contributed by atoms with Crippen LogP contribution in [0.1, 0.15) is 18.1 Å². The van der Waals surface area contributed by atoms with E-state index in [1.54, 1.807) is 18.3 Å². The predicted octanol–water partition coefficient (Wildman–Crippen LogP) is 5.28. The van der Waals surface area contributed by atoms with Gasteiger partial charge in [-0.05, 0) is 37.3 Å². The third kappa shape index (κ3) is 4.63. The molecule has 22 heavy (non-hydrogen) atoms. The van der Waals surface area contributed by atoms with Gasteiger partial charge < -0.3 is 10.2 Å². The summed E-state index contributed by atoms with van der Waals surface area (Å²) in [5, 5.41) is 5.45. The standard InChI is InChI=1S/C16H15BrCl2N2O/c1-2-22-16-7-6-12(17)8-11(16)9-20-21-10-13-14(18)4-3-5-15(13)19/h3-9,21H,2,10H2,1H3/b20-9+. The van der Waals surface area contributed by atoms with Crippen LogP contribution >= 0.6 is 39.1 Å². The average Bonchev–Trinajstić information content (AvgIpc) is 2.48. The molecule has 0 fully saturated rings. The van der Waals surface area contributed by atoms with Crippen LogP contribution in [-0.2, 0) is 6.54 Å². The molecule has 2 aromatic rings. The van der Waals surface area contributed by atoms with Crippen molar-refractivity contribution in [2.24, 2.45) is 5.10 Å². The van der Waals surface area contributed by atoms with Gasteiger partial charge in [0.1, 0.15) is 5.75 Å². The van der Waals surface area contributed by atoms with Gasteiger partial charge in [-0.2, -0.15) is 5.10 Å². The molecule has 0 aliphatic carbocycles. The maximum atomic E-state index is 6.11. The Bertz CT molecular complexity index is 657. The molecule has 0 atom stereocenters. The van der Waals surface area contributed by atoms with E-state index in [1.807, 2.05) is 31.2 Å². The van der Waals surface area contributed by atoms with Crippen LogP contribution in [0.25, 0.3) is 0 Å². The van der Waals surface area contributed by atoms with Crippen LogP contribution in [0.15, 0.2) is 46.0 Å². The summed E-state index contributed by atoms with van der Waals surface area (Å²) in [4.78, 5) is 0. The fraction of sp³-hybridized carbons (Fsp3) is 0.188. The van der Waals surface area contributed by atoms with Gasteiger partial charge in [-0.3, -0.25) is 0 Å². The van der Waals surface area contributed by atoms with Crippen LogP contribution in [0, 0.1) is 0 Å². The summed E-state index contributed by atoms with van der Waals surface area (Å²) in [5.74, 6) is 0.784. The van der Waals surface area contributed by atoms with E-state index in [9.17, 15) is 0 Å². The quantitative estimate of drug-likeness (QED) is 0.527. The molecule has 0 saturated carbocycles. The van der Waals surface area contributed by atoms with Crippen molar-refractivity contribution in [1.82, 2.24) is 5.43 Å². The van der Waals surface area contributed by atoms with E-state index in [-0.39, 0.29) is 0 Å². The van der Waals surface area contributed by atoms with Crippen molar-refractivity contribution in [3.8, 4) is 5.75 Å². The third-order valence-corrected chi connectivity index (χ3v) is 4.09. The van der Waals surface area contributed by atoms with Gasteiger partial charge in [0.05, 0.1) is 19.4 Å². The van der Waals surface area contributed by atoms with Gasteiger partial charge >= 0.3 is 0 Å². The van der Waals surface area contributed by atoms with E-state index in [2.05, 4.69) is 26.5 Å². The lowest BCUT2D eigenvalue weighted by Gasteiger charge is -2.08. The summed E-state index contributed by atoms with van der Waals surface area (Å²) in [6.07, 6.45) is 1.71. The fourth-order valence-electron chi connectivity index (χ4n) is 1.85. The van der Waals surface area contributed by atoms with Gasteiger partial charge in [0.15, 0.2) is 0 Å². The largest absolute Gasteiger partial charge is 0.493 e. The Balaban J connectivity index is 2.05. The van der Waals surface area contributed by atoms with Crippen molar-refractivity contribution in [2.45, 2.75) is 13.5 Å². The number of hydrogen-bond acceptors (Lipinski definition) is 3. The summed E-state index contributed by atoms with van der Waals surface area (Å²) < 4.78 is 6.53. The molecule has 3 nitrogen and oxygen atoms in total. The second-order valence-corrected chi connectivity index (χ2v) is 6.14. The van der Waals surface area contributed by atoms with Crippen molar-refractivity contribution >= 4 is 45.3 Å². The SMILES string of the molecule is CCOc1ccc(Br)cc1/C=N/NCc1c(Cl)cccc1Cl. The zero-order valence-corrected chi connectivity index (χ0v) is 15.0. The minimum absolute atomic E-state index is 0.451. The number of benzene rings is 2. The number of rotatable bonds is 6. The molecule has 0 saturated heterocycles. The van der Waals surface area contributed by atoms with Crippen molar-refractivity contribution in [2.75, 3.05) is 6.61 Å². The average molecular weight is 402 g/mol. The molecule has 0 aromatic heterocycles. The molecule has 6 heteroatoms. The number of ether oxygens (including phenoxy) is 1. The van der Waals surface area contributed by atoms with Crippen molar-refractivity contribution < 1.29 is 4.74 Å². The van der Waals surface area contributed by atoms with Gasteiger partial charge in [0.2, 0.25) is 0 Å². The molecule has 0 radical (unpaired) electrons. The Morgan fingerprint density at radius 3 is 2.64 bits per heavy atom. The van der Waals surface area contributed by atoms with E-state index < -0.39 is 0 Å². The lowest BCUT2D eigenvalue weighted by atomic mass is 10.2. The summed E-state index contributed by atoms with van der Waals surface area (Å²) in [7, 11) is 0. The summed E-state index contributed by atoms with van der Waals surface area (Å²) in [6.45, 7) is 3.00. The van der Waals surface area contributed by atoms with E-state index in [0.29, 0.717) is 23.2 Å². The molecular weight excluding hydrogens is 387 g/mol. The van der Waals surface area contributed by atoms with Gasteiger partial charge in [-0.25, -0.2) is 0 Å². The first-order valence-electron chi connectivity index (χ1n) is 6.73. The highest BCUT2D eigenvalue weighted by Crippen LogP contribution is 2.24. The van der Waals surface area contributed by atoms with E-state index >= 15 is 0 Å². The molecule has 0 aliphatic rings. The minimum atomic E-state index is 0.451. The molecule has 0 heterocycles. The van der Waals surface area contributed by atoms with E-state index in [4.69, 9.17) is 27.9 Å². The second-order valence-electron chi connectivity index (χ2n) is 4.41. The van der Waals surface area contributed by atoms with Gasteiger partial charge in [0.25, 0.3) is 0 Å². The summed E-state index contributed by atoms with van der Waals surface area (Å²) in [5.41, 5.74) is 4.66. The van der Waals surface area contributed by atoms with Gasteiger partial charge in [-0.1, -0.05) is 45.2 Å². The number of halogens is 3. The Hall–Kier alpha value is -1.23. The molecule has 2 aromatic carbocycles. The van der Waals surface area contributed by atoms with Crippen LogP contribution in [0.5, 0.6) is 5.75 Å². The third-order valence-electron chi connectivity index (χ3n) is 2.88. The summed E-state index contributed by atoms with van der Waals surface area (Å²) >= 11 is 15.7. The Labute approximate surface area is 148 Å². The number of hydrogen-bond donors (Lipinski definition) is 1. The number of nitrogens with one attached hydrogen (secondary N) is 1. The zero-order valence-electron chi connectivity index (χ0n) is 11.9. The van der Waals surface area contributed by atoms with Crippen LogP contribution < -0.4 is 10.2 Å². The van der Waals surface area contributed by atoms with Crippen molar-refractivity contribution in [3.63, 3.8) is 0 Å². The topological polar surface area (TPSA) is 33.6 Å². The van der Waals surface area contributed by atoms with Crippen LogP contribution in [0.2, 0.25) is 10.0 Å². The lowest BCUT2D eigenvalue weighted by molar-refractivity contribution is 0.339. The first-order chi connectivity index (χ1) is 10.6. The van der Waals surface area contributed by atoms with Crippen molar-refractivity contribution in [3.05, 3.63) is 62.0 Å². The van der Waals surface area contributed by atoms with Gasteiger partial charge in [-0.15, -0.1) is 0 Å². The van der Waals surface area contributed by atoms with Crippen LogP contribution in [0.4, 0.5) is 0 Å². The smallest absolute Gasteiger partial charge is 0.128 e. The fourth-order valence-corrected chi connectivity index (χ4v) is 2.76. The molecule has 0 unspecified atom stereocenters. The Kier molecular flexibility index (Phi) is 6.55. The highest BCUT2D eigenvalue weighted by molar-refractivity contribution is 9.10. The number of nitrogens with zero attached hydrogens (tertiary/aromatic N) is 1. The molecular formula is C16H15BrCl2N2O. The summed E-state index contributed by atoms with van der Waals surface area (Å²) in [6, 6.07) is 11.2. The molecule has 0 amide bonds. The zero-order chi connectivity index (χ0) is 15.9. The van der Waals surface area contributed by atoms with Gasteiger partial charge in [0, 0.05) is 25.6 Å². The molecule has 2 rings (SSSR count). The normalized spacial score (nSPS) is 10.9. The van der Waals surface area contributed by atoms with E-state index in [1.165, 1.54) is 0 Å². The maximum absolute atomic E-state index is 6.11. The highest BCUT2D eigenvalue weighted by atomic mass is 79.9. The molecule has 0 bridgehead atoms. The lowest BCUT2D eigenvalue weighted by Crippen LogP contribution is -2.07. The Morgan fingerprint density at radius 1 is 1.23 bits per heavy atom. The number of hydrazone groups is 1. The minimum Gasteiger partial charge on any atom is -0.493 e. The monoisotopic (exact) mass is 400 g/mol. The highest BCUT2D eigenvalue weighted by Gasteiger charge is 2.04. The van der Waals surface area contributed by atoms with E-state index in [0.717, 1.165) is 21.3 Å². The van der Waals surface area contributed by atoms with Crippen molar-refractivity contribution in [1.29, 1.82) is 0 Å². The van der Waals surface area contributed by atoms with Crippen LogP contribution in [0.3, 0.4) is 0 Å². The molecule has 0 spiro atoms. The molecule has 0 aliphatic heterocycles.